The van der Waals surface area contributed by atoms with Gasteiger partial charge in [0.25, 0.3) is 10.0 Å². The fourth-order valence-corrected chi connectivity index (χ4v) is 3.50. The summed E-state index contributed by atoms with van der Waals surface area (Å²) in [5.41, 5.74) is 7.23. The second-order valence-electron chi connectivity index (χ2n) is 4.51. The van der Waals surface area contributed by atoms with E-state index in [9.17, 15) is 12.8 Å². The van der Waals surface area contributed by atoms with E-state index < -0.39 is 20.7 Å². The number of anilines is 1. The van der Waals surface area contributed by atoms with Gasteiger partial charge in [-0.2, -0.15) is 0 Å². The summed E-state index contributed by atoms with van der Waals surface area (Å²) in [4.78, 5) is -0.418. The lowest BCUT2D eigenvalue weighted by Crippen LogP contribution is -2.16. The smallest absolute Gasteiger partial charge is 0.264 e. The molecule has 3 N–H and O–H groups in total. The van der Waals surface area contributed by atoms with Crippen molar-refractivity contribution in [2.24, 2.45) is 5.73 Å². The van der Waals surface area contributed by atoms with E-state index in [0.717, 1.165) is 11.6 Å². The minimum absolute atomic E-state index is 0.136. The highest BCUT2D eigenvalue weighted by molar-refractivity contribution is 9.10. The van der Waals surface area contributed by atoms with E-state index in [1.54, 1.807) is 12.1 Å². The standard InChI is InChI=1S/C14H14BrFN2O2S/c1-9-3-2-4-12(14(9)15)18-21(19,20)13-7-10(8-17)5-6-11(13)16/h2-7,18H,8,17H2,1H3. The second kappa shape index (κ2) is 6.13. The molecule has 4 nitrogen and oxygen atoms in total. The summed E-state index contributed by atoms with van der Waals surface area (Å²) in [6.07, 6.45) is 0. The summed E-state index contributed by atoms with van der Waals surface area (Å²) >= 11 is 3.31. The van der Waals surface area contributed by atoms with Crippen molar-refractivity contribution in [2.75, 3.05) is 4.72 Å². The van der Waals surface area contributed by atoms with Gasteiger partial charge in [0.1, 0.15) is 10.7 Å². The van der Waals surface area contributed by atoms with Crippen molar-refractivity contribution in [1.82, 2.24) is 0 Å². The van der Waals surface area contributed by atoms with E-state index in [4.69, 9.17) is 5.73 Å². The van der Waals surface area contributed by atoms with Crippen molar-refractivity contribution >= 4 is 31.6 Å². The van der Waals surface area contributed by atoms with Gasteiger partial charge in [0.15, 0.2) is 0 Å². The van der Waals surface area contributed by atoms with Crippen molar-refractivity contribution in [3.8, 4) is 0 Å². The number of rotatable bonds is 4. The van der Waals surface area contributed by atoms with Gasteiger partial charge in [0.2, 0.25) is 0 Å². The third kappa shape index (κ3) is 3.42. The van der Waals surface area contributed by atoms with Gasteiger partial charge in [-0.15, -0.1) is 0 Å². The highest BCUT2D eigenvalue weighted by Gasteiger charge is 2.20. The van der Waals surface area contributed by atoms with Gasteiger partial charge in [-0.3, -0.25) is 4.72 Å². The van der Waals surface area contributed by atoms with Gasteiger partial charge in [0.05, 0.1) is 5.69 Å². The Morgan fingerprint density at radius 2 is 2.00 bits per heavy atom. The molecule has 0 radical (unpaired) electrons. The average Bonchev–Trinajstić information content (AvgIpc) is 2.44. The second-order valence-corrected chi connectivity index (χ2v) is 6.95. The summed E-state index contributed by atoms with van der Waals surface area (Å²) in [6.45, 7) is 1.97. The molecule has 0 bridgehead atoms. The normalized spacial score (nSPS) is 11.4. The lowest BCUT2D eigenvalue weighted by molar-refractivity contribution is 0.569. The van der Waals surface area contributed by atoms with E-state index in [1.165, 1.54) is 12.1 Å². The quantitative estimate of drug-likeness (QED) is 0.865. The molecule has 0 saturated heterocycles. The van der Waals surface area contributed by atoms with Crippen LogP contribution in [0.2, 0.25) is 0 Å². The van der Waals surface area contributed by atoms with E-state index in [-0.39, 0.29) is 6.54 Å². The molecule has 0 saturated carbocycles. The molecule has 0 aliphatic rings. The summed E-state index contributed by atoms with van der Waals surface area (Å²) in [6, 6.07) is 8.93. The van der Waals surface area contributed by atoms with Crippen LogP contribution in [0.4, 0.5) is 10.1 Å². The summed E-state index contributed by atoms with van der Waals surface area (Å²) in [5, 5.41) is 0. The minimum atomic E-state index is -4.03. The topological polar surface area (TPSA) is 72.2 Å². The first-order valence-electron chi connectivity index (χ1n) is 6.11. The van der Waals surface area contributed by atoms with Crippen LogP contribution in [0, 0.1) is 12.7 Å². The van der Waals surface area contributed by atoms with Crippen LogP contribution in [0.3, 0.4) is 0 Å². The van der Waals surface area contributed by atoms with E-state index >= 15 is 0 Å². The van der Waals surface area contributed by atoms with Crippen LogP contribution < -0.4 is 10.5 Å². The molecule has 0 aliphatic heterocycles. The number of nitrogens with one attached hydrogen (secondary N) is 1. The molecule has 2 rings (SSSR count). The predicted octanol–water partition coefficient (Wildman–Crippen LogP) is 3.16. The molecule has 0 aromatic heterocycles. The Hall–Kier alpha value is -1.44. The third-order valence-corrected chi connectivity index (χ3v) is 5.39. The Balaban J connectivity index is 2.46. The molecule has 0 atom stereocenters. The Labute approximate surface area is 131 Å². The number of benzene rings is 2. The van der Waals surface area contributed by atoms with Gasteiger partial charge < -0.3 is 5.73 Å². The van der Waals surface area contributed by atoms with Crippen molar-refractivity contribution < 1.29 is 12.8 Å². The van der Waals surface area contributed by atoms with Gasteiger partial charge in [-0.05, 0) is 52.2 Å². The molecule has 0 aliphatic carbocycles. The summed E-state index contributed by atoms with van der Waals surface area (Å²) in [7, 11) is -4.03. The van der Waals surface area contributed by atoms with Crippen LogP contribution >= 0.6 is 15.9 Å². The van der Waals surface area contributed by atoms with Crippen LogP contribution in [0.5, 0.6) is 0 Å². The lowest BCUT2D eigenvalue weighted by atomic mass is 10.2. The number of aryl methyl sites for hydroxylation is 1. The lowest BCUT2D eigenvalue weighted by Gasteiger charge is -2.12. The monoisotopic (exact) mass is 372 g/mol. The number of hydrogen-bond acceptors (Lipinski definition) is 3. The highest BCUT2D eigenvalue weighted by atomic mass is 79.9. The van der Waals surface area contributed by atoms with Crippen LogP contribution in [0.15, 0.2) is 45.8 Å². The molecule has 2 aromatic carbocycles. The average molecular weight is 373 g/mol. The Bertz CT molecular complexity index is 779. The molecule has 112 valence electrons. The van der Waals surface area contributed by atoms with E-state index in [0.29, 0.717) is 15.7 Å². The van der Waals surface area contributed by atoms with Crippen LogP contribution in [0.1, 0.15) is 11.1 Å². The summed E-state index contributed by atoms with van der Waals surface area (Å²) < 4.78 is 41.5. The largest absolute Gasteiger partial charge is 0.326 e. The summed E-state index contributed by atoms with van der Waals surface area (Å²) in [5.74, 6) is -0.816. The van der Waals surface area contributed by atoms with Gasteiger partial charge in [-0.25, -0.2) is 12.8 Å². The van der Waals surface area contributed by atoms with Crippen molar-refractivity contribution in [3.05, 3.63) is 57.8 Å². The van der Waals surface area contributed by atoms with E-state index in [1.807, 2.05) is 13.0 Å². The predicted molar refractivity (Wildman–Crippen MR) is 84.0 cm³/mol. The maximum atomic E-state index is 13.8. The fraction of sp³-hybridized carbons (Fsp3) is 0.143. The first-order chi connectivity index (χ1) is 9.85. The Morgan fingerprint density at radius 3 is 2.67 bits per heavy atom. The molecule has 21 heavy (non-hydrogen) atoms. The Morgan fingerprint density at radius 1 is 1.29 bits per heavy atom. The molecule has 0 unspecified atom stereocenters. The highest BCUT2D eigenvalue weighted by Crippen LogP contribution is 2.28. The molecule has 0 fully saturated rings. The molecule has 0 spiro atoms. The molecular formula is C14H14BrFN2O2S. The number of hydrogen-bond donors (Lipinski definition) is 2. The molecule has 2 aromatic rings. The maximum absolute atomic E-state index is 13.8. The van der Waals surface area contributed by atoms with Crippen LogP contribution in [-0.4, -0.2) is 8.42 Å². The Kier molecular flexibility index (Phi) is 4.65. The maximum Gasteiger partial charge on any atom is 0.264 e. The minimum Gasteiger partial charge on any atom is -0.326 e. The van der Waals surface area contributed by atoms with Crippen molar-refractivity contribution in [1.29, 1.82) is 0 Å². The zero-order valence-electron chi connectivity index (χ0n) is 11.2. The number of halogens is 2. The zero-order chi connectivity index (χ0) is 15.6. The molecule has 7 heteroatoms. The van der Waals surface area contributed by atoms with Crippen LogP contribution in [0.25, 0.3) is 0 Å². The van der Waals surface area contributed by atoms with Crippen molar-refractivity contribution in [2.45, 2.75) is 18.4 Å². The van der Waals surface area contributed by atoms with Gasteiger partial charge in [-0.1, -0.05) is 18.2 Å². The van der Waals surface area contributed by atoms with E-state index in [2.05, 4.69) is 20.7 Å². The number of nitrogens with two attached hydrogens (primary N) is 1. The van der Waals surface area contributed by atoms with Gasteiger partial charge in [0, 0.05) is 11.0 Å². The first-order valence-corrected chi connectivity index (χ1v) is 8.39. The molecule has 0 amide bonds. The van der Waals surface area contributed by atoms with Gasteiger partial charge >= 0.3 is 0 Å². The fourth-order valence-electron chi connectivity index (χ4n) is 1.81. The molecule has 0 heterocycles. The molecular weight excluding hydrogens is 359 g/mol. The third-order valence-electron chi connectivity index (χ3n) is 2.96. The van der Waals surface area contributed by atoms with Crippen LogP contribution in [-0.2, 0) is 16.6 Å². The number of sulfonamides is 1. The van der Waals surface area contributed by atoms with Crippen molar-refractivity contribution in [3.63, 3.8) is 0 Å². The SMILES string of the molecule is Cc1cccc(NS(=O)(=O)c2cc(CN)ccc2F)c1Br. The first kappa shape index (κ1) is 15.9. The zero-order valence-corrected chi connectivity index (χ0v) is 13.6.